The van der Waals surface area contributed by atoms with Crippen molar-refractivity contribution in [1.82, 2.24) is 0 Å². The number of azo groups is 1. The maximum absolute atomic E-state index is 12.6. The van der Waals surface area contributed by atoms with E-state index in [1.54, 1.807) is 36.4 Å². The van der Waals surface area contributed by atoms with E-state index < -0.39 is 5.97 Å². The van der Waals surface area contributed by atoms with Gasteiger partial charge in [0.1, 0.15) is 17.2 Å². The third kappa shape index (κ3) is 15.8. The van der Waals surface area contributed by atoms with Crippen LogP contribution in [0.25, 0.3) is 0 Å². The van der Waals surface area contributed by atoms with Gasteiger partial charge in [-0.15, -0.1) is 0 Å². The van der Waals surface area contributed by atoms with Gasteiger partial charge in [-0.2, -0.15) is 10.2 Å². The number of benzene rings is 3. The molecule has 0 aliphatic carbocycles. The summed E-state index contributed by atoms with van der Waals surface area (Å²) in [7, 11) is 0. The number of nitrogens with zero attached hydrogens (tertiary/aromatic N) is 2. The van der Waals surface area contributed by atoms with E-state index in [0.717, 1.165) is 36.6 Å². The summed E-state index contributed by atoms with van der Waals surface area (Å²) in [6.45, 7) is 5.93. The Morgan fingerprint density at radius 3 is 1.24 bits per heavy atom. The summed E-state index contributed by atoms with van der Waals surface area (Å²) in [6, 6.07) is 21.7. The molecule has 3 aromatic rings. The van der Waals surface area contributed by atoms with Gasteiger partial charge < -0.3 is 14.2 Å². The number of hydrogen-bond donors (Lipinski definition) is 0. The number of carbonyl (C=O) groups excluding carboxylic acids is 1. The molecule has 0 saturated carbocycles. The van der Waals surface area contributed by atoms with Crippen LogP contribution in [0.4, 0.5) is 11.4 Å². The number of hydrogen-bond acceptors (Lipinski definition) is 6. The van der Waals surface area contributed by atoms with E-state index in [0.29, 0.717) is 23.6 Å². The summed E-state index contributed by atoms with van der Waals surface area (Å²) in [5.41, 5.74) is 1.89. The lowest BCUT2D eigenvalue weighted by Crippen LogP contribution is -2.08. The van der Waals surface area contributed by atoms with E-state index in [-0.39, 0.29) is 0 Å². The molecule has 6 heteroatoms. The molecule has 0 unspecified atom stereocenters. The number of esters is 1. The minimum atomic E-state index is -0.413. The molecular formula is C39H54N2O4. The smallest absolute Gasteiger partial charge is 0.343 e. The second-order valence-corrected chi connectivity index (χ2v) is 11.7. The Hall–Kier alpha value is -3.67. The van der Waals surface area contributed by atoms with Gasteiger partial charge in [-0.1, -0.05) is 104 Å². The van der Waals surface area contributed by atoms with E-state index in [1.165, 1.54) is 89.9 Å². The van der Waals surface area contributed by atoms with Crippen molar-refractivity contribution in [2.75, 3.05) is 13.2 Å². The fourth-order valence-electron chi connectivity index (χ4n) is 5.01. The minimum Gasteiger partial charge on any atom is -0.494 e. The Bertz CT molecular complexity index is 1210. The fourth-order valence-corrected chi connectivity index (χ4v) is 5.01. The molecule has 45 heavy (non-hydrogen) atoms. The van der Waals surface area contributed by atoms with Crippen LogP contribution in [0.1, 0.15) is 127 Å². The molecule has 0 spiro atoms. The van der Waals surface area contributed by atoms with Crippen LogP contribution in [-0.4, -0.2) is 19.2 Å². The first-order valence-corrected chi connectivity index (χ1v) is 17.4. The molecule has 0 aliphatic rings. The third-order valence-electron chi connectivity index (χ3n) is 7.79. The van der Waals surface area contributed by atoms with Gasteiger partial charge in [0.15, 0.2) is 0 Å². The van der Waals surface area contributed by atoms with Crippen LogP contribution >= 0.6 is 0 Å². The third-order valence-corrected chi connectivity index (χ3v) is 7.79. The van der Waals surface area contributed by atoms with Gasteiger partial charge in [-0.05, 0) is 85.6 Å². The molecule has 0 aromatic heterocycles. The highest BCUT2D eigenvalue weighted by molar-refractivity contribution is 5.91. The normalized spacial score (nSPS) is 11.2. The zero-order valence-electron chi connectivity index (χ0n) is 27.7. The molecule has 0 saturated heterocycles. The van der Waals surface area contributed by atoms with Gasteiger partial charge in [0.05, 0.1) is 30.2 Å². The van der Waals surface area contributed by atoms with Crippen LogP contribution in [0.5, 0.6) is 17.2 Å². The van der Waals surface area contributed by atoms with Crippen LogP contribution in [-0.2, 0) is 0 Å². The molecule has 0 heterocycles. The number of carbonyl (C=O) groups is 1. The van der Waals surface area contributed by atoms with Crippen LogP contribution in [0, 0.1) is 0 Å². The van der Waals surface area contributed by atoms with E-state index in [1.807, 2.05) is 36.4 Å². The maximum atomic E-state index is 12.6. The summed E-state index contributed by atoms with van der Waals surface area (Å²) < 4.78 is 17.2. The van der Waals surface area contributed by atoms with Gasteiger partial charge >= 0.3 is 5.97 Å². The monoisotopic (exact) mass is 614 g/mol. The van der Waals surface area contributed by atoms with Gasteiger partial charge in [-0.25, -0.2) is 4.79 Å². The Labute approximate surface area is 271 Å². The second-order valence-electron chi connectivity index (χ2n) is 11.7. The zero-order valence-corrected chi connectivity index (χ0v) is 27.7. The lowest BCUT2D eigenvalue weighted by Gasteiger charge is -2.08. The first kappa shape index (κ1) is 35.8. The molecule has 3 aromatic carbocycles. The summed E-state index contributed by atoms with van der Waals surface area (Å²) in [4.78, 5) is 12.6. The lowest BCUT2D eigenvalue weighted by molar-refractivity contribution is 0.0734. The average molecular weight is 615 g/mol. The molecule has 0 fully saturated rings. The van der Waals surface area contributed by atoms with Crippen LogP contribution in [0.15, 0.2) is 83.0 Å². The van der Waals surface area contributed by atoms with Crippen molar-refractivity contribution in [3.8, 4) is 17.2 Å². The molecule has 0 N–H and O–H groups in total. The maximum Gasteiger partial charge on any atom is 0.343 e. The van der Waals surface area contributed by atoms with Crippen molar-refractivity contribution in [1.29, 1.82) is 0 Å². The number of rotatable bonds is 24. The van der Waals surface area contributed by atoms with Crippen molar-refractivity contribution in [3.63, 3.8) is 0 Å². The summed E-state index contributed by atoms with van der Waals surface area (Å²) in [5, 5.41) is 8.60. The largest absolute Gasteiger partial charge is 0.494 e. The first-order valence-electron chi connectivity index (χ1n) is 17.4. The Balaban J connectivity index is 1.30. The predicted molar refractivity (Wildman–Crippen MR) is 185 cm³/mol. The Kier molecular flexibility index (Phi) is 18.1. The zero-order chi connectivity index (χ0) is 31.8. The second kappa shape index (κ2) is 22.8. The average Bonchev–Trinajstić information content (AvgIpc) is 3.07. The van der Waals surface area contributed by atoms with Crippen molar-refractivity contribution in [3.05, 3.63) is 78.4 Å². The molecule has 244 valence electrons. The molecule has 0 aliphatic heterocycles. The highest BCUT2D eigenvalue weighted by Gasteiger charge is 2.09. The molecule has 0 bridgehead atoms. The van der Waals surface area contributed by atoms with Crippen LogP contribution in [0.3, 0.4) is 0 Å². The standard InChI is InChI=1S/C39H54N2O4/c1-3-5-7-9-11-12-13-14-16-18-31-43-36-25-19-33(20-26-36)39(42)45-38-29-23-35(24-30-38)41-40-34-21-27-37(28-22-34)44-32-17-15-10-8-6-4-2/h19-30H,3-18,31-32H2,1-2H3. The summed E-state index contributed by atoms with van der Waals surface area (Å²) in [5.74, 6) is 1.66. The van der Waals surface area contributed by atoms with E-state index >= 15 is 0 Å². The van der Waals surface area contributed by atoms with E-state index in [9.17, 15) is 4.79 Å². The Morgan fingerprint density at radius 2 is 0.822 bits per heavy atom. The molecular weight excluding hydrogens is 560 g/mol. The number of unbranched alkanes of at least 4 members (excludes halogenated alkanes) is 14. The highest BCUT2D eigenvalue weighted by atomic mass is 16.5. The lowest BCUT2D eigenvalue weighted by atomic mass is 10.1. The molecule has 0 amide bonds. The molecule has 3 rings (SSSR count). The van der Waals surface area contributed by atoms with Gasteiger partial charge in [0.2, 0.25) is 0 Å². The molecule has 0 radical (unpaired) electrons. The van der Waals surface area contributed by atoms with E-state index in [2.05, 4.69) is 24.1 Å². The van der Waals surface area contributed by atoms with Crippen LogP contribution < -0.4 is 14.2 Å². The quantitative estimate of drug-likeness (QED) is 0.0435. The minimum absolute atomic E-state index is 0.413. The Morgan fingerprint density at radius 1 is 0.467 bits per heavy atom. The van der Waals surface area contributed by atoms with E-state index in [4.69, 9.17) is 14.2 Å². The molecule has 0 atom stereocenters. The molecule has 6 nitrogen and oxygen atoms in total. The van der Waals surface area contributed by atoms with Gasteiger partial charge in [0.25, 0.3) is 0 Å². The van der Waals surface area contributed by atoms with Crippen molar-refractivity contribution >= 4 is 17.3 Å². The first-order chi connectivity index (χ1) is 22.2. The number of ether oxygens (including phenoxy) is 3. The highest BCUT2D eigenvalue weighted by Crippen LogP contribution is 2.24. The summed E-state index contributed by atoms with van der Waals surface area (Å²) in [6.07, 6.45) is 20.5. The topological polar surface area (TPSA) is 69.5 Å². The van der Waals surface area contributed by atoms with Gasteiger partial charge in [0, 0.05) is 0 Å². The van der Waals surface area contributed by atoms with Gasteiger partial charge in [-0.3, -0.25) is 0 Å². The van der Waals surface area contributed by atoms with Crippen molar-refractivity contribution in [2.24, 2.45) is 10.2 Å². The summed E-state index contributed by atoms with van der Waals surface area (Å²) >= 11 is 0. The fraction of sp³-hybridized carbons (Fsp3) is 0.513. The van der Waals surface area contributed by atoms with Crippen LogP contribution in [0.2, 0.25) is 0 Å². The van der Waals surface area contributed by atoms with Crippen molar-refractivity contribution in [2.45, 2.75) is 117 Å². The SMILES string of the molecule is CCCCCCCCCCCCOc1ccc(C(=O)Oc2ccc(N=Nc3ccc(OCCCCCCCC)cc3)cc2)cc1. The van der Waals surface area contributed by atoms with Crippen molar-refractivity contribution < 1.29 is 19.0 Å². The predicted octanol–water partition coefficient (Wildman–Crippen LogP) is 12.4.